The Bertz CT molecular complexity index is 1490. The zero-order chi connectivity index (χ0) is 26.6. The fourth-order valence-corrected chi connectivity index (χ4v) is 4.46. The Kier molecular flexibility index (Phi) is 7.08. The van der Waals surface area contributed by atoms with Crippen molar-refractivity contribution >= 4 is 28.4 Å². The van der Waals surface area contributed by atoms with Crippen LogP contribution < -0.4 is 24.4 Å². The molecule has 5 rings (SSSR count). The molecule has 1 fully saturated rings. The van der Waals surface area contributed by atoms with E-state index in [1.807, 2.05) is 30.3 Å². The van der Waals surface area contributed by atoms with Crippen LogP contribution in [0, 0.1) is 11.7 Å². The Morgan fingerprint density at radius 1 is 1.00 bits per heavy atom. The molecule has 3 aromatic carbocycles. The van der Waals surface area contributed by atoms with Crippen molar-refractivity contribution in [2.75, 3.05) is 25.7 Å². The van der Waals surface area contributed by atoms with Crippen LogP contribution >= 0.6 is 0 Å². The summed E-state index contributed by atoms with van der Waals surface area (Å²) in [6.45, 7) is 0.559. The molecule has 2 heterocycles. The molecule has 0 aliphatic carbocycles. The smallest absolute Gasteiger partial charge is 0.227 e. The van der Waals surface area contributed by atoms with Crippen LogP contribution in [-0.2, 0) is 16.1 Å². The first-order valence-electron chi connectivity index (χ1n) is 12.1. The van der Waals surface area contributed by atoms with Gasteiger partial charge < -0.3 is 24.4 Å². The highest BCUT2D eigenvalue weighted by atomic mass is 19.1. The lowest BCUT2D eigenvalue weighted by Crippen LogP contribution is -2.32. The van der Waals surface area contributed by atoms with Gasteiger partial charge in [-0.3, -0.25) is 14.6 Å². The molecule has 0 radical (unpaired) electrons. The second kappa shape index (κ2) is 10.8. The molecule has 8 nitrogen and oxygen atoms in total. The summed E-state index contributed by atoms with van der Waals surface area (Å²) in [5.41, 5.74) is 1.93. The van der Waals surface area contributed by atoms with Crippen LogP contribution in [0.1, 0.15) is 12.0 Å². The minimum atomic E-state index is -0.641. The third-order valence-corrected chi connectivity index (χ3v) is 6.46. The quantitative estimate of drug-likeness (QED) is 0.361. The average Bonchev–Trinajstić information content (AvgIpc) is 3.34. The minimum Gasteiger partial charge on any atom is -0.493 e. The number of carbonyl (C=O) groups excluding carboxylic acids is 2. The fourth-order valence-electron chi connectivity index (χ4n) is 4.46. The molecule has 9 heteroatoms. The maximum absolute atomic E-state index is 15.1. The maximum atomic E-state index is 15.1. The first kappa shape index (κ1) is 25.0. The summed E-state index contributed by atoms with van der Waals surface area (Å²) < 4.78 is 31.7. The van der Waals surface area contributed by atoms with Gasteiger partial charge in [0.1, 0.15) is 5.75 Å². The minimum absolute atomic E-state index is 0.0140. The van der Waals surface area contributed by atoms with E-state index in [1.54, 1.807) is 30.5 Å². The molecule has 1 saturated heterocycles. The van der Waals surface area contributed by atoms with Crippen LogP contribution in [0.4, 0.5) is 10.1 Å². The van der Waals surface area contributed by atoms with Gasteiger partial charge in [0.25, 0.3) is 0 Å². The van der Waals surface area contributed by atoms with Gasteiger partial charge in [-0.15, -0.1) is 0 Å². The van der Waals surface area contributed by atoms with Crippen molar-refractivity contribution in [2.24, 2.45) is 5.92 Å². The molecule has 1 atom stereocenters. The molecule has 0 spiro atoms. The molecular weight excluding hydrogens is 489 g/mol. The average molecular weight is 516 g/mol. The van der Waals surface area contributed by atoms with E-state index >= 15 is 4.39 Å². The number of aromatic nitrogens is 1. The summed E-state index contributed by atoms with van der Waals surface area (Å²) in [6.07, 6.45) is 1.62. The van der Waals surface area contributed by atoms with Crippen molar-refractivity contribution in [3.63, 3.8) is 0 Å². The van der Waals surface area contributed by atoms with Gasteiger partial charge in [-0.2, -0.15) is 0 Å². The number of fused-ring (bicyclic) bond motifs is 1. The highest BCUT2D eigenvalue weighted by Gasteiger charge is 2.35. The lowest BCUT2D eigenvalue weighted by atomic mass is 10.1. The molecule has 1 N–H and O–H groups in total. The zero-order valence-corrected chi connectivity index (χ0v) is 20.9. The molecule has 38 heavy (non-hydrogen) atoms. The van der Waals surface area contributed by atoms with Crippen LogP contribution in [0.2, 0.25) is 0 Å². The molecule has 2 amide bonds. The van der Waals surface area contributed by atoms with E-state index in [2.05, 4.69) is 10.3 Å². The number of anilines is 1. The first-order valence-corrected chi connectivity index (χ1v) is 12.1. The highest BCUT2D eigenvalue weighted by Crippen LogP contribution is 2.38. The predicted octanol–water partition coefficient (Wildman–Crippen LogP) is 4.85. The van der Waals surface area contributed by atoms with Crippen LogP contribution in [0.3, 0.4) is 0 Å². The van der Waals surface area contributed by atoms with Crippen molar-refractivity contribution in [3.05, 3.63) is 84.3 Å². The Labute approximate surface area is 218 Å². The van der Waals surface area contributed by atoms with Crippen molar-refractivity contribution in [1.82, 2.24) is 10.3 Å². The summed E-state index contributed by atoms with van der Waals surface area (Å²) >= 11 is 0. The number of hydrogen-bond acceptors (Lipinski definition) is 6. The summed E-state index contributed by atoms with van der Waals surface area (Å²) in [6, 6.07) is 18.9. The van der Waals surface area contributed by atoms with Gasteiger partial charge in [0.2, 0.25) is 11.8 Å². The van der Waals surface area contributed by atoms with Crippen molar-refractivity contribution < 1.29 is 28.2 Å². The van der Waals surface area contributed by atoms with Crippen molar-refractivity contribution in [2.45, 2.75) is 13.0 Å². The molecular formula is C29H26FN3O5. The summed E-state index contributed by atoms with van der Waals surface area (Å²) in [4.78, 5) is 31.1. The van der Waals surface area contributed by atoms with Crippen LogP contribution in [-0.4, -0.2) is 37.6 Å². The van der Waals surface area contributed by atoms with E-state index in [0.717, 1.165) is 5.56 Å². The Morgan fingerprint density at radius 2 is 1.76 bits per heavy atom. The Balaban J connectivity index is 1.30. The monoisotopic (exact) mass is 515 g/mol. The predicted molar refractivity (Wildman–Crippen MR) is 140 cm³/mol. The normalized spacial score (nSPS) is 15.0. The molecule has 0 bridgehead atoms. The number of methoxy groups -OCH3 is 2. The third-order valence-electron chi connectivity index (χ3n) is 6.46. The number of nitrogens with zero attached hydrogens (tertiary/aromatic N) is 2. The largest absolute Gasteiger partial charge is 0.493 e. The maximum Gasteiger partial charge on any atom is 0.227 e. The molecule has 0 saturated carbocycles. The SMILES string of the molecule is COc1cc2nccc(Oc3ccc(N4CC(C(=O)NCc5ccccc5)CC4=O)cc3F)c2cc1OC. The molecule has 1 aliphatic heterocycles. The highest BCUT2D eigenvalue weighted by molar-refractivity contribution is 6.00. The van der Waals surface area contributed by atoms with E-state index in [-0.39, 0.29) is 30.5 Å². The first-order chi connectivity index (χ1) is 18.5. The van der Waals surface area contributed by atoms with E-state index in [9.17, 15) is 9.59 Å². The summed E-state index contributed by atoms with van der Waals surface area (Å²) in [7, 11) is 3.06. The number of halogens is 1. The summed E-state index contributed by atoms with van der Waals surface area (Å²) in [5, 5.41) is 3.50. The molecule has 4 aromatic rings. The molecule has 1 aromatic heterocycles. The lowest BCUT2D eigenvalue weighted by molar-refractivity contribution is -0.126. The number of pyridine rings is 1. The number of carbonyl (C=O) groups is 2. The van der Waals surface area contributed by atoms with E-state index in [1.165, 1.54) is 31.3 Å². The third kappa shape index (κ3) is 5.08. The van der Waals surface area contributed by atoms with Gasteiger partial charge in [-0.05, 0) is 29.8 Å². The molecule has 1 unspecified atom stereocenters. The van der Waals surface area contributed by atoms with Gasteiger partial charge in [-0.1, -0.05) is 30.3 Å². The van der Waals surface area contributed by atoms with Gasteiger partial charge in [0.15, 0.2) is 23.1 Å². The fraction of sp³-hybridized carbons (Fsp3) is 0.207. The molecule has 194 valence electrons. The lowest BCUT2D eigenvalue weighted by Gasteiger charge is -2.18. The van der Waals surface area contributed by atoms with Gasteiger partial charge >= 0.3 is 0 Å². The number of rotatable bonds is 8. The van der Waals surface area contributed by atoms with Crippen LogP contribution in [0.15, 0.2) is 72.9 Å². The standard InChI is InChI=1S/C29H26FN3O5/c1-36-26-14-21-23(15-27(26)37-2)31-11-10-24(21)38-25-9-8-20(13-22(25)30)33-17-19(12-28(33)34)29(35)32-16-18-6-4-3-5-7-18/h3-11,13-15,19H,12,16-17H2,1-2H3,(H,32,35). The zero-order valence-electron chi connectivity index (χ0n) is 20.9. The van der Waals surface area contributed by atoms with Crippen molar-refractivity contribution in [1.29, 1.82) is 0 Å². The van der Waals surface area contributed by atoms with Crippen molar-refractivity contribution in [3.8, 4) is 23.0 Å². The van der Waals surface area contributed by atoms with Gasteiger partial charge in [0.05, 0.1) is 25.7 Å². The second-order valence-electron chi connectivity index (χ2n) is 8.86. The van der Waals surface area contributed by atoms with Crippen LogP contribution in [0.25, 0.3) is 10.9 Å². The number of amides is 2. The van der Waals surface area contributed by atoms with Crippen LogP contribution in [0.5, 0.6) is 23.0 Å². The number of hydrogen-bond donors (Lipinski definition) is 1. The van der Waals surface area contributed by atoms with Gasteiger partial charge in [-0.25, -0.2) is 4.39 Å². The summed E-state index contributed by atoms with van der Waals surface area (Å²) in [5.74, 6) is -0.222. The van der Waals surface area contributed by atoms with Gasteiger partial charge in [0, 0.05) is 48.9 Å². The van der Waals surface area contributed by atoms with E-state index < -0.39 is 11.7 Å². The second-order valence-corrected chi connectivity index (χ2v) is 8.86. The number of nitrogens with one attached hydrogen (secondary N) is 1. The van der Waals surface area contributed by atoms with E-state index in [4.69, 9.17) is 14.2 Å². The Morgan fingerprint density at radius 3 is 2.50 bits per heavy atom. The topological polar surface area (TPSA) is 90.0 Å². The Hall–Kier alpha value is -4.66. The number of ether oxygens (including phenoxy) is 3. The molecule has 1 aliphatic rings. The van der Waals surface area contributed by atoms with E-state index in [0.29, 0.717) is 40.4 Å². The number of benzene rings is 3.